The molecule has 0 heterocycles. The molecule has 0 bridgehead atoms. The van der Waals surface area contributed by atoms with Gasteiger partial charge in [0, 0.05) is 22.6 Å². The normalized spacial score (nSPS) is 13.4. The number of alkyl halides is 5. The average molecular weight is 254 g/mol. The van der Waals surface area contributed by atoms with Crippen LogP contribution in [-0.4, -0.2) is 9.85 Å². The zero-order valence-corrected chi connectivity index (χ0v) is 6.33. The number of hydrogen-bond acceptors (Lipinski definition) is 0. The first-order valence-electron chi connectivity index (χ1n) is 1.89. The van der Waals surface area contributed by atoms with E-state index >= 15 is 0 Å². The van der Waals surface area contributed by atoms with Crippen molar-refractivity contribution in [1.29, 1.82) is 0 Å². The zero-order chi connectivity index (χ0) is 7.71. The molecule has 0 saturated heterocycles. The maximum absolute atomic E-state index is 11.8. The molecule has 0 N–H and O–H groups in total. The molecule has 0 amide bonds. The summed E-state index contributed by atoms with van der Waals surface area (Å²) in [5.41, 5.74) is 0. The molecule has 0 aromatic rings. The van der Waals surface area contributed by atoms with Gasteiger partial charge in [-0.3, -0.25) is 0 Å². The van der Waals surface area contributed by atoms with Crippen molar-refractivity contribution in [2.24, 2.45) is 0 Å². The van der Waals surface area contributed by atoms with Crippen molar-refractivity contribution >= 4 is 22.6 Å². The maximum Gasteiger partial charge on any atom is 0.361 e. The molecule has 0 atom stereocenters. The van der Waals surface area contributed by atoms with Crippen LogP contribution in [0.15, 0.2) is 12.7 Å². The molecule has 54 valence electrons. The summed E-state index contributed by atoms with van der Waals surface area (Å²) in [7, 11) is 0. The van der Waals surface area contributed by atoms with Crippen molar-refractivity contribution in [3.63, 3.8) is 0 Å². The number of hydrogen-bond donors (Lipinski definition) is 0. The Morgan fingerprint density at radius 3 is 1.56 bits per heavy atom. The lowest BCUT2D eigenvalue weighted by Crippen LogP contribution is -2.31. The molecular weight excluding hydrogens is 251 g/mol. The highest BCUT2D eigenvalue weighted by Gasteiger charge is 2.51. The van der Waals surface area contributed by atoms with Gasteiger partial charge in [-0.25, -0.2) is 0 Å². The lowest BCUT2D eigenvalue weighted by Gasteiger charge is -2.16. The summed E-state index contributed by atoms with van der Waals surface area (Å²) in [6.07, 6.45) is -0.0700. The minimum atomic E-state index is -4.10. The van der Waals surface area contributed by atoms with Gasteiger partial charge in [-0.2, -0.15) is 17.6 Å². The fourth-order valence-corrected chi connectivity index (χ4v) is 0.336. The Balaban J connectivity index is 4.32. The molecule has 0 aliphatic rings. The zero-order valence-electron chi connectivity index (χ0n) is 4.17. The summed E-state index contributed by atoms with van der Waals surface area (Å²) < 4.78 is 42.9. The minimum absolute atomic E-state index is 0.0700. The standard InChI is InChI=1S/C4H3F4I/c1-2-3(5,6)4(7,8)9/h2H,1H2. The largest absolute Gasteiger partial charge is 0.361 e. The van der Waals surface area contributed by atoms with Gasteiger partial charge >= 0.3 is 9.85 Å². The highest BCUT2D eigenvalue weighted by Crippen LogP contribution is 2.40. The molecule has 0 aliphatic heterocycles. The van der Waals surface area contributed by atoms with E-state index in [1.807, 2.05) is 0 Å². The van der Waals surface area contributed by atoms with Gasteiger partial charge in [0.05, 0.1) is 0 Å². The van der Waals surface area contributed by atoms with Gasteiger partial charge < -0.3 is 0 Å². The first-order chi connectivity index (χ1) is 3.81. The Hall–Kier alpha value is 0.190. The second-order valence-electron chi connectivity index (χ2n) is 1.32. The van der Waals surface area contributed by atoms with Crippen molar-refractivity contribution in [2.75, 3.05) is 0 Å². The molecule has 5 heteroatoms. The second-order valence-corrected chi connectivity index (χ2v) is 2.68. The third kappa shape index (κ3) is 2.11. The molecule has 0 radical (unpaired) electrons. The summed E-state index contributed by atoms with van der Waals surface area (Å²) in [5, 5.41) is 0. The average Bonchev–Trinajstić information content (AvgIpc) is 1.64. The van der Waals surface area contributed by atoms with Gasteiger partial charge in [0.1, 0.15) is 0 Å². The molecule has 9 heavy (non-hydrogen) atoms. The van der Waals surface area contributed by atoms with Gasteiger partial charge in [-0.05, 0) is 6.08 Å². The Kier molecular flexibility index (Phi) is 2.48. The quantitative estimate of drug-likeness (QED) is 0.307. The summed E-state index contributed by atoms with van der Waals surface area (Å²) in [6.45, 7) is 2.56. The highest BCUT2D eigenvalue weighted by atomic mass is 127. The second kappa shape index (κ2) is 2.43. The molecule has 0 fully saturated rings. The van der Waals surface area contributed by atoms with Crippen molar-refractivity contribution in [1.82, 2.24) is 0 Å². The van der Waals surface area contributed by atoms with Crippen LogP contribution in [0.1, 0.15) is 0 Å². The van der Waals surface area contributed by atoms with E-state index in [2.05, 4.69) is 6.58 Å². The third-order valence-corrected chi connectivity index (χ3v) is 1.35. The minimum Gasteiger partial charge on any atom is -0.194 e. The predicted molar refractivity (Wildman–Crippen MR) is 34.1 cm³/mol. The van der Waals surface area contributed by atoms with E-state index in [1.54, 1.807) is 0 Å². The summed E-state index contributed by atoms with van der Waals surface area (Å²) in [4.78, 5) is 0. The SMILES string of the molecule is C=CC(F)(F)C(F)(F)I. The fraction of sp³-hybridized carbons (Fsp3) is 0.500. The molecular formula is C4H3F4I. The first kappa shape index (κ1) is 9.19. The van der Waals surface area contributed by atoms with Crippen molar-refractivity contribution in [3.8, 4) is 0 Å². The molecule has 0 nitrogen and oxygen atoms in total. The lowest BCUT2D eigenvalue weighted by atomic mass is 10.3. The van der Waals surface area contributed by atoms with Crippen LogP contribution in [0.25, 0.3) is 0 Å². The molecule has 0 aromatic heterocycles. The van der Waals surface area contributed by atoms with E-state index in [0.717, 1.165) is 0 Å². The van der Waals surface area contributed by atoms with Gasteiger partial charge in [0.2, 0.25) is 0 Å². The topological polar surface area (TPSA) is 0 Å². The van der Waals surface area contributed by atoms with Crippen molar-refractivity contribution < 1.29 is 17.6 Å². The van der Waals surface area contributed by atoms with Crippen LogP contribution in [-0.2, 0) is 0 Å². The summed E-state index contributed by atoms with van der Waals surface area (Å²) >= 11 is 0.365. The van der Waals surface area contributed by atoms with E-state index in [-0.39, 0.29) is 6.08 Å². The van der Waals surface area contributed by atoms with E-state index in [1.165, 1.54) is 0 Å². The maximum atomic E-state index is 11.8. The molecule has 0 aliphatic carbocycles. The molecule has 0 spiro atoms. The summed E-state index contributed by atoms with van der Waals surface area (Å²) in [6, 6.07) is 0. The van der Waals surface area contributed by atoms with Gasteiger partial charge in [0.15, 0.2) is 0 Å². The van der Waals surface area contributed by atoms with Crippen molar-refractivity contribution in [3.05, 3.63) is 12.7 Å². The lowest BCUT2D eigenvalue weighted by molar-refractivity contribution is -0.103. The van der Waals surface area contributed by atoms with Crippen LogP contribution in [0.4, 0.5) is 17.6 Å². The molecule has 0 rings (SSSR count). The highest BCUT2D eigenvalue weighted by molar-refractivity contribution is 14.1. The predicted octanol–water partition coefficient (Wildman–Crippen LogP) is 2.84. The molecule has 0 unspecified atom stereocenters. The first-order valence-corrected chi connectivity index (χ1v) is 2.97. The van der Waals surface area contributed by atoms with Crippen LogP contribution in [0.3, 0.4) is 0 Å². The Bertz CT molecular complexity index is 114. The van der Waals surface area contributed by atoms with E-state index in [4.69, 9.17) is 0 Å². The third-order valence-electron chi connectivity index (χ3n) is 0.634. The van der Waals surface area contributed by atoms with E-state index < -0.39 is 9.85 Å². The number of allylic oxidation sites excluding steroid dienone is 1. The van der Waals surface area contributed by atoms with Crippen LogP contribution in [0.5, 0.6) is 0 Å². The van der Waals surface area contributed by atoms with E-state index in [9.17, 15) is 17.6 Å². The van der Waals surface area contributed by atoms with Crippen LogP contribution in [0, 0.1) is 0 Å². The monoisotopic (exact) mass is 254 g/mol. The number of halogens is 5. The van der Waals surface area contributed by atoms with Gasteiger partial charge in [-0.15, -0.1) is 0 Å². The Morgan fingerprint density at radius 1 is 1.22 bits per heavy atom. The van der Waals surface area contributed by atoms with Gasteiger partial charge in [0.25, 0.3) is 0 Å². The van der Waals surface area contributed by atoms with Crippen LogP contribution < -0.4 is 0 Å². The molecule has 0 aromatic carbocycles. The Labute approximate surface area is 63.1 Å². The van der Waals surface area contributed by atoms with Gasteiger partial charge in [-0.1, -0.05) is 6.58 Å². The van der Waals surface area contributed by atoms with Crippen LogP contribution in [0.2, 0.25) is 0 Å². The molecule has 0 saturated carbocycles. The fourth-order valence-electron chi connectivity index (χ4n) is 0.116. The Morgan fingerprint density at radius 2 is 1.56 bits per heavy atom. The van der Waals surface area contributed by atoms with E-state index in [0.29, 0.717) is 22.6 Å². The van der Waals surface area contributed by atoms with Crippen molar-refractivity contribution in [2.45, 2.75) is 9.85 Å². The summed E-state index contributed by atoms with van der Waals surface area (Å²) in [5.74, 6) is -4.10. The number of rotatable bonds is 2. The van der Waals surface area contributed by atoms with Crippen LogP contribution >= 0.6 is 22.6 Å². The smallest absolute Gasteiger partial charge is 0.194 e.